The maximum atomic E-state index is 11.6. The van der Waals surface area contributed by atoms with Crippen molar-refractivity contribution in [3.8, 4) is 0 Å². The average molecular weight is 485 g/mol. The standard InChI is InChI=1S/C27H48O3S2/c1-5-6-21-26(31-3)27(32-4)22-17-15-13-11-9-7-8-10-12-14-16-19-25(29)20-18-23-30-24(2)28/h16,18-20,26-27H,5-15,17,21-23H2,1-4H3/b19-16+,20-18+. The summed E-state index contributed by atoms with van der Waals surface area (Å²) in [6, 6.07) is 0. The highest BCUT2D eigenvalue weighted by atomic mass is 32.2. The Kier molecular flexibility index (Phi) is 23.0. The van der Waals surface area contributed by atoms with Crippen LogP contribution in [0.4, 0.5) is 0 Å². The lowest BCUT2D eigenvalue weighted by Gasteiger charge is -2.24. The lowest BCUT2D eigenvalue weighted by Crippen LogP contribution is -2.19. The summed E-state index contributed by atoms with van der Waals surface area (Å²) < 4.78 is 4.74. The van der Waals surface area contributed by atoms with E-state index in [0.29, 0.717) is 0 Å². The van der Waals surface area contributed by atoms with Gasteiger partial charge in [0.05, 0.1) is 0 Å². The molecule has 0 spiro atoms. The van der Waals surface area contributed by atoms with Crippen LogP contribution in [0.15, 0.2) is 24.3 Å². The lowest BCUT2D eigenvalue weighted by molar-refractivity contribution is -0.139. The Morgan fingerprint density at radius 1 is 0.750 bits per heavy atom. The van der Waals surface area contributed by atoms with Crippen LogP contribution in [0, 0.1) is 0 Å². The summed E-state index contributed by atoms with van der Waals surface area (Å²) in [6.45, 7) is 3.81. The van der Waals surface area contributed by atoms with Crippen molar-refractivity contribution in [2.45, 2.75) is 114 Å². The molecule has 0 aromatic rings. The molecule has 0 N–H and O–H groups in total. The first-order valence-electron chi connectivity index (χ1n) is 12.6. The van der Waals surface area contributed by atoms with E-state index in [1.54, 1.807) is 12.2 Å². The summed E-state index contributed by atoms with van der Waals surface area (Å²) in [6.07, 6.45) is 29.5. The van der Waals surface area contributed by atoms with Gasteiger partial charge in [0.25, 0.3) is 0 Å². The number of unbranched alkanes of at least 4 members (excludes halogenated alkanes) is 10. The lowest BCUT2D eigenvalue weighted by atomic mass is 10.0. The molecule has 0 aliphatic carbocycles. The molecule has 0 aromatic heterocycles. The van der Waals surface area contributed by atoms with Gasteiger partial charge in [0.15, 0.2) is 5.78 Å². The van der Waals surface area contributed by atoms with Gasteiger partial charge in [0.2, 0.25) is 0 Å². The van der Waals surface area contributed by atoms with Crippen molar-refractivity contribution in [1.82, 2.24) is 0 Å². The fourth-order valence-electron chi connectivity index (χ4n) is 3.75. The number of ether oxygens (including phenoxy) is 1. The van der Waals surface area contributed by atoms with Crippen molar-refractivity contribution < 1.29 is 14.3 Å². The van der Waals surface area contributed by atoms with E-state index in [1.807, 2.05) is 6.08 Å². The second kappa shape index (κ2) is 23.5. The number of hydrogen-bond acceptors (Lipinski definition) is 5. The van der Waals surface area contributed by atoms with E-state index in [-0.39, 0.29) is 18.4 Å². The SMILES string of the molecule is CCCCC(SC)C(CCCCCCCCCCC/C=C/C(=O)/C=C/COC(C)=O)SC. The van der Waals surface area contributed by atoms with Gasteiger partial charge in [-0.3, -0.25) is 9.59 Å². The van der Waals surface area contributed by atoms with Crippen LogP contribution in [0.1, 0.15) is 104 Å². The van der Waals surface area contributed by atoms with Crippen LogP contribution < -0.4 is 0 Å². The van der Waals surface area contributed by atoms with Crippen LogP contribution in [0.3, 0.4) is 0 Å². The van der Waals surface area contributed by atoms with Crippen molar-refractivity contribution in [3.63, 3.8) is 0 Å². The highest BCUT2D eigenvalue weighted by molar-refractivity contribution is 8.03. The molecule has 0 saturated heterocycles. The molecule has 0 bridgehead atoms. The Balaban J connectivity index is 3.57. The number of rotatable bonds is 22. The van der Waals surface area contributed by atoms with Crippen LogP contribution in [0.5, 0.6) is 0 Å². The van der Waals surface area contributed by atoms with E-state index in [4.69, 9.17) is 4.74 Å². The molecule has 0 fully saturated rings. The first kappa shape index (κ1) is 31.3. The third kappa shape index (κ3) is 20.0. The van der Waals surface area contributed by atoms with E-state index in [0.717, 1.165) is 23.3 Å². The van der Waals surface area contributed by atoms with Gasteiger partial charge in [0, 0.05) is 17.4 Å². The molecule has 2 atom stereocenters. The van der Waals surface area contributed by atoms with Crippen molar-refractivity contribution in [2.24, 2.45) is 0 Å². The Labute approximate surface area is 207 Å². The summed E-state index contributed by atoms with van der Waals surface area (Å²) in [5.41, 5.74) is 0. The molecular formula is C27H48O3S2. The molecule has 0 radical (unpaired) electrons. The molecule has 32 heavy (non-hydrogen) atoms. The predicted octanol–water partition coefficient (Wildman–Crippen LogP) is 8.18. The second-order valence-electron chi connectivity index (χ2n) is 8.46. The molecule has 2 unspecified atom stereocenters. The van der Waals surface area contributed by atoms with Crippen molar-refractivity contribution in [3.05, 3.63) is 24.3 Å². The highest BCUT2D eigenvalue weighted by Crippen LogP contribution is 2.29. The fourth-order valence-corrected chi connectivity index (χ4v) is 6.10. The minimum Gasteiger partial charge on any atom is -0.462 e. The van der Waals surface area contributed by atoms with Crippen LogP contribution in [0.2, 0.25) is 0 Å². The first-order valence-corrected chi connectivity index (χ1v) is 15.2. The van der Waals surface area contributed by atoms with Gasteiger partial charge in [-0.1, -0.05) is 77.2 Å². The van der Waals surface area contributed by atoms with Crippen molar-refractivity contribution >= 4 is 35.3 Å². The third-order valence-corrected chi connectivity index (χ3v) is 8.18. The molecule has 0 aliphatic heterocycles. The van der Waals surface area contributed by atoms with Gasteiger partial charge < -0.3 is 4.74 Å². The maximum Gasteiger partial charge on any atom is 0.302 e. The minimum absolute atomic E-state index is 0.0501. The van der Waals surface area contributed by atoms with E-state index >= 15 is 0 Å². The third-order valence-electron chi connectivity index (χ3n) is 5.67. The monoisotopic (exact) mass is 484 g/mol. The van der Waals surface area contributed by atoms with Gasteiger partial charge in [-0.15, -0.1) is 0 Å². The highest BCUT2D eigenvalue weighted by Gasteiger charge is 2.18. The summed E-state index contributed by atoms with van der Waals surface area (Å²) in [5.74, 6) is -0.384. The maximum absolute atomic E-state index is 11.6. The Bertz CT molecular complexity index is 517. The Morgan fingerprint density at radius 3 is 1.78 bits per heavy atom. The number of allylic oxidation sites excluding steroid dienone is 3. The summed E-state index contributed by atoms with van der Waals surface area (Å²) in [7, 11) is 0. The number of thioether (sulfide) groups is 2. The van der Waals surface area contributed by atoms with Crippen LogP contribution in [-0.4, -0.2) is 41.4 Å². The number of hydrogen-bond donors (Lipinski definition) is 0. The minimum atomic E-state index is -0.334. The van der Waals surface area contributed by atoms with Gasteiger partial charge in [0.1, 0.15) is 6.61 Å². The zero-order chi connectivity index (χ0) is 23.9. The summed E-state index contributed by atoms with van der Waals surface area (Å²) in [5, 5.41) is 1.67. The van der Waals surface area contributed by atoms with Gasteiger partial charge in [-0.05, 0) is 56.4 Å². The zero-order valence-corrected chi connectivity index (χ0v) is 22.7. The number of carbonyl (C=O) groups excluding carboxylic acids is 2. The number of carbonyl (C=O) groups is 2. The summed E-state index contributed by atoms with van der Waals surface area (Å²) in [4.78, 5) is 22.2. The van der Waals surface area contributed by atoms with Gasteiger partial charge in [-0.25, -0.2) is 0 Å². The van der Waals surface area contributed by atoms with Crippen molar-refractivity contribution in [2.75, 3.05) is 19.1 Å². The molecule has 0 aromatic carbocycles. The van der Waals surface area contributed by atoms with Crippen LogP contribution in [0.25, 0.3) is 0 Å². The molecule has 5 heteroatoms. The Morgan fingerprint density at radius 2 is 1.25 bits per heavy atom. The predicted molar refractivity (Wildman–Crippen MR) is 145 cm³/mol. The zero-order valence-electron chi connectivity index (χ0n) is 21.1. The molecule has 0 rings (SSSR count). The van der Waals surface area contributed by atoms with E-state index in [2.05, 4.69) is 43.0 Å². The first-order chi connectivity index (χ1) is 15.5. The summed E-state index contributed by atoms with van der Waals surface area (Å²) >= 11 is 4.15. The molecule has 0 heterocycles. The molecule has 0 amide bonds. The number of esters is 1. The topological polar surface area (TPSA) is 43.4 Å². The molecule has 3 nitrogen and oxygen atoms in total. The molecule has 0 aliphatic rings. The van der Waals surface area contributed by atoms with Gasteiger partial charge in [-0.2, -0.15) is 23.5 Å². The quantitative estimate of drug-likeness (QED) is 0.0880. The fraction of sp³-hybridized carbons (Fsp3) is 0.778. The normalized spacial score (nSPS) is 13.6. The molecule has 186 valence electrons. The van der Waals surface area contributed by atoms with Crippen LogP contribution in [-0.2, 0) is 14.3 Å². The van der Waals surface area contributed by atoms with E-state index in [9.17, 15) is 9.59 Å². The average Bonchev–Trinajstić information content (AvgIpc) is 2.78. The smallest absolute Gasteiger partial charge is 0.302 e. The van der Waals surface area contributed by atoms with Crippen LogP contribution >= 0.6 is 23.5 Å². The molecule has 0 saturated carbocycles. The molecular weight excluding hydrogens is 436 g/mol. The number of ketones is 1. The Hall–Kier alpha value is -0.680. The van der Waals surface area contributed by atoms with Gasteiger partial charge >= 0.3 is 5.97 Å². The van der Waals surface area contributed by atoms with E-state index in [1.165, 1.54) is 90.0 Å². The van der Waals surface area contributed by atoms with Crippen molar-refractivity contribution in [1.29, 1.82) is 0 Å². The second-order valence-corrected chi connectivity index (χ2v) is 10.6. The largest absolute Gasteiger partial charge is 0.462 e. The van der Waals surface area contributed by atoms with E-state index < -0.39 is 0 Å².